The number of rotatable bonds is 6. The van der Waals surface area contributed by atoms with E-state index in [0.29, 0.717) is 18.5 Å². The summed E-state index contributed by atoms with van der Waals surface area (Å²) in [4.78, 5) is 6.81. The van der Waals surface area contributed by atoms with Crippen LogP contribution in [0.25, 0.3) is 0 Å². The lowest BCUT2D eigenvalue weighted by molar-refractivity contribution is 0.327. The van der Waals surface area contributed by atoms with Crippen LogP contribution < -0.4 is 15.4 Å². The fourth-order valence-electron chi connectivity index (χ4n) is 2.21. The second-order valence-electron chi connectivity index (χ2n) is 5.23. The summed E-state index contributed by atoms with van der Waals surface area (Å²) in [6, 6.07) is 14.2. The molecular formula is C17H23N3O. The first kappa shape index (κ1) is 15.2. The molecule has 0 saturated heterocycles. The van der Waals surface area contributed by atoms with Crippen molar-refractivity contribution in [2.24, 2.45) is 0 Å². The minimum Gasteiger partial charge on any atom is -0.478 e. The van der Waals surface area contributed by atoms with Gasteiger partial charge < -0.3 is 15.4 Å². The zero-order valence-corrected chi connectivity index (χ0v) is 12.9. The Balaban J connectivity index is 2.24. The van der Waals surface area contributed by atoms with Crippen LogP contribution in [-0.2, 0) is 6.54 Å². The molecule has 0 atom stereocenters. The molecule has 0 spiro atoms. The van der Waals surface area contributed by atoms with Crippen molar-refractivity contribution in [2.45, 2.75) is 33.4 Å². The summed E-state index contributed by atoms with van der Waals surface area (Å²) in [5.74, 6) is 1.58. The number of nitrogens with two attached hydrogens (primary N) is 1. The van der Waals surface area contributed by atoms with E-state index in [1.807, 2.05) is 43.3 Å². The summed E-state index contributed by atoms with van der Waals surface area (Å²) in [7, 11) is 0. The Bertz CT molecular complexity index is 584. The van der Waals surface area contributed by atoms with E-state index in [2.05, 4.69) is 29.8 Å². The first-order chi connectivity index (χ1) is 10.1. The number of ether oxygens (including phenoxy) is 1. The maximum absolute atomic E-state index is 5.86. The average molecular weight is 285 g/mol. The summed E-state index contributed by atoms with van der Waals surface area (Å²) in [6.45, 7) is 7.66. The number of hydrogen-bond acceptors (Lipinski definition) is 4. The van der Waals surface area contributed by atoms with E-state index >= 15 is 0 Å². The Morgan fingerprint density at radius 3 is 2.62 bits per heavy atom. The number of aromatic nitrogens is 1. The van der Waals surface area contributed by atoms with E-state index < -0.39 is 0 Å². The number of nitrogens with zero attached hydrogens (tertiary/aromatic N) is 2. The van der Waals surface area contributed by atoms with Crippen molar-refractivity contribution in [3.63, 3.8) is 0 Å². The van der Waals surface area contributed by atoms with Crippen molar-refractivity contribution in [1.82, 2.24) is 4.98 Å². The fraction of sp³-hybridized carbons (Fsp3) is 0.353. The standard InChI is InChI=1S/C17H23N3O/c1-4-21-17-10-6-9-16(19-17)20(13(2)3)12-14-7-5-8-15(18)11-14/h5-11,13H,4,12,18H2,1-3H3. The number of nitrogen functional groups attached to an aromatic ring is 1. The van der Waals surface area contributed by atoms with Gasteiger partial charge in [-0.2, -0.15) is 4.98 Å². The highest BCUT2D eigenvalue weighted by atomic mass is 16.5. The van der Waals surface area contributed by atoms with E-state index in [1.54, 1.807) is 0 Å². The third kappa shape index (κ3) is 4.12. The normalized spacial score (nSPS) is 10.7. The van der Waals surface area contributed by atoms with E-state index in [-0.39, 0.29) is 0 Å². The Morgan fingerprint density at radius 1 is 1.19 bits per heavy atom. The molecule has 0 radical (unpaired) electrons. The van der Waals surface area contributed by atoms with Crippen molar-refractivity contribution >= 4 is 11.5 Å². The molecule has 2 aromatic rings. The number of anilines is 2. The summed E-state index contributed by atoms with van der Waals surface area (Å²) in [6.07, 6.45) is 0. The molecule has 0 aliphatic rings. The summed E-state index contributed by atoms with van der Waals surface area (Å²) < 4.78 is 5.49. The first-order valence-electron chi connectivity index (χ1n) is 7.31. The maximum atomic E-state index is 5.86. The van der Waals surface area contributed by atoms with Crippen LogP contribution in [0.1, 0.15) is 26.3 Å². The summed E-state index contributed by atoms with van der Waals surface area (Å²) in [5, 5.41) is 0. The topological polar surface area (TPSA) is 51.4 Å². The molecule has 1 aromatic carbocycles. The first-order valence-corrected chi connectivity index (χ1v) is 7.31. The van der Waals surface area contributed by atoms with Gasteiger partial charge in [0.1, 0.15) is 5.82 Å². The number of hydrogen-bond donors (Lipinski definition) is 1. The van der Waals surface area contributed by atoms with E-state index in [1.165, 1.54) is 5.56 Å². The molecule has 0 aliphatic heterocycles. The third-order valence-corrected chi connectivity index (χ3v) is 3.22. The zero-order chi connectivity index (χ0) is 15.2. The molecule has 1 heterocycles. The van der Waals surface area contributed by atoms with Crippen LogP contribution in [0, 0.1) is 0 Å². The van der Waals surface area contributed by atoms with Crippen molar-refractivity contribution in [1.29, 1.82) is 0 Å². The molecule has 0 fully saturated rings. The third-order valence-electron chi connectivity index (χ3n) is 3.22. The minimum absolute atomic E-state index is 0.329. The number of benzene rings is 1. The highest BCUT2D eigenvalue weighted by Crippen LogP contribution is 2.21. The smallest absolute Gasteiger partial charge is 0.215 e. The molecule has 2 N–H and O–H groups in total. The Kier molecular flexibility index (Phi) is 5.04. The second-order valence-corrected chi connectivity index (χ2v) is 5.23. The molecule has 0 amide bonds. The van der Waals surface area contributed by atoms with E-state index in [9.17, 15) is 0 Å². The minimum atomic E-state index is 0.329. The van der Waals surface area contributed by atoms with Crippen molar-refractivity contribution < 1.29 is 4.74 Å². The van der Waals surface area contributed by atoms with Crippen LogP contribution >= 0.6 is 0 Å². The van der Waals surface area contributed by atoms with E-state index in [4.69, 9.17) is 10.5 Å². The SMILES string of the molecule is CCOc1cccc(N(Cc2cccc(N)c2)C(C)C)n1. The summed E-state index contributed by atoms with van der Waals surface area (Å²) in [5.41, 5.74) is 7.82. The van der Waals surface area contributed by atoms with Gasteiger partial charge >= 0.3 is 0 Å². The largest absolute Gasteiger partial charge is 0.478 e. The van der Waals surface area contributed by atoms with Crippen LogP contribution in [0.2, 0.25) is 0 Å². The van der Waals surface area contributed by atoms with Gasteiger partial charge in [0.15, 0.2) is 0 Å². The highest BCUT2D eigenvalue weighted by molar-refractivity contribution is 5.45. The predicted octanol–water partition coefficient (Wildman–Crippen LogP) is 3.48. The Hall–Kier alpha value is -2.23. The van der Waals surface area contributed by atoms with Gasteiger partial charge in [0.2, 0.25) is 5.88 Å². The van der Waals surface area contributed by atoms with Crippen LogP contribution in [0.4, 0.5) is 11.5 Å². The Labute approximate surface area is 126 Å². The van der Waals surface area contributed by atoms with Crippen molar-refractivity contribution in [2.75, 3.05) is 17.2 Å². The van der Waals surface area contributed by atoms with Crippen molar-refractivity contribution in [3.8, 4) is 5.88 Å². The fourth-order valence-corrected chi connectivity index (χ4v) is 2.21. The van der Waals surface area contributed by atoms with Gasteiger partial charge in [-0.15, -0.1) is 0 Å². The van der Waals surface area contributed by atoms with Crippen molar-refractivity contribution in [3.05, 3.63) is 48.0 Å². The van der Waals surface area contributed by atoms with Gasteiger partial charge in [0.25, 0.3) is 0 Å². The monoisotopic (exact) mass is 285 g/mol. The lowest BCUT2D eigenvalue weighted by Crippen LogP contribution is -2.31. The average Bonchev–Trinajstić information content (AvgIpc) is 2.45. The number of pyridine rings is 1. The molecule has 21 heavy (non-hydrogen) atoms. The molecule has 112 valence electrons. The molecule has 0 aliphatic carbocycles. The molecular weight excluding hydrogens is 262 g/mol. The van der Waals surface area contributed by atoms with Gasteiger partial charge in [0.05, 0.1) is 6.61 Å². The van der Waals surface area contributed by atoms with Crippen LogP contribution in [0.15, 0.2) is 42.5 Å². The van der Waals surface area contributed by atoms with E-state index in [0.717, 1.165) is 18.1 Å². The van der Waals surface area contributed by atoms with Gasteiger partial charge in [0, 0.05) is 24.3 Å². The maximum Gasteiger partial charge on any atom is 0.215 e. The van der Waals surface area contributed by atoms with Gasteiger partial charge in [-0.05, 0) is 44.5 Å². The molecule has 2 rings (SSSR count). The predicted molar refractivity (Wildman–Crippen MR) is 87.6 cm³/mol. The summed E-state index contributed by atoms with van der Waals surface area (Å²) >= 11 is 0. The zero-order valence-electron chi connectivity index (χ0n) is 12.9. The van der Waals surface area contributed by atoms with Crippen LogP contribution in [0.3, 0.4) is 0 Å². The molecule has 0 saturated carbocycles. The highest BCUT2D eigenvalue weighted by Gasteiger charge is 2.13. The molecule has 4 nitrogen and oxygen atoms in total. The molecule has 0 bridgehead atoms. The molecule has 1 aromatic heterocycles. The molecule has 4 heteroatoms. The second kappa shape index (κ2) is 6.97. The lowest BCUT2D eigenvalue weighted by Gasteiger charge is -2.28. The van der Waals surface area contributed by atoms with Crippen LogP contribution in [0.5, 0.6) is 5.88 Å². The van der Waals surface area contributed by atoms with Gasteiger partial charge in [-0.1, -0.05) is 18.2 Å². The quantitative estimate of drug-likeness (QED) is 0.826. The van der Waals surface area contributed by atoms with Gasteiger partial charge in [-0.3, -0.25) is 0 Å². The lowest BCUT2D eigenvalue weighted by atomic mass is 10.1. The van der Waals surface area contributed by atoms with Crippen LogP contribution in [-0.4, -0.2) is 17.6 Å². The Morgan fingerprint density at radius 2 is 1.95 bits per heavy atom. The van der Waals surface area contributed by atoms with Gasteiger partial charge in [-0.25, -0.2) is 0 Å². The molecule has 0 unspecified atom stereocenters.